The van der Waals surface area contributed by atoms with Gasteiger partial charge in [-0.25, -0.2) is 9.59 Å². The van der Waals surface area contributed by atoms with Gasteiger partial charge >= 0.3 is 11.3 Å². The highest BCUT2D eigenvalue weighted by Crippen LogP contribution is 2.11. The summed E-state index contributed by atoms with van der Waals surface area (Å²) in [6, 6.07) is 19.5. The fourth-order valence-electron chi connectivity index (χ4n) is 2.20. The second-order valence-corrected chi connectivity index (χ2v) is 5.62. The van der Waals surface area contributed by atoms with Gasteiger partial charge < -0.3 is 8.83 Å². The minimum absolute atomic E-state index is 0.0405. The monoisotopic (exact) mass is 344 g/mol. The number of hydrogen-bond donors (Lipinski definition) is 0. The third-order valence-corrected chi connectivity index (χ3v) is 3.75. The average molecular weight is 344 g/mol. The standard InChI is InChI=1S/C10H5NO2.C9H5O2Si/c11-6-8-5-7-3-1-2-4-9(7)13-10(8)12;10-9-8(12)5-6-3-1-2-4-7(6)11-9/h1-5H;1-5H. The molecule has 0 aliphatic heterocycles. The van der Waals surface area contributed by atoms with E-state index in [1.54, 1.807) is 36.4 Å². The highest BCUT2D eigenvalue weighted by molar-refractivity contribution is 6.32. The summed E-state index contributed by atoms with van der Waals surface area (Å²) < 4.78 is 9.89. The van der Waals surface area contributed by atoms with Crippen LogP contribution in [0.15, 0.2) is 79.1 Å². The van der Waals surface area contributed by atoms with Crippen molar-refractivity contribution >= 4 is 37.4 Å². The summed E-state index contributed by atoms with van der Waals surface area (Å²) in [5, 5.41) is 10.7. The fraction of sp³-hybridized carbons (Fsp3) is 0. The molecule has 0 saturated carbocycles. The Morgan fingerprint density at radius 3 is 1.92 bits per heavy atom. The van der Waals surface area contributed by atoms with Crippen molar-refractivity contribution in [3.05, 3.63) is 87.1 Å². The van der Waals surface area contributed by atoms with Crippen molar-refractivity contribution in [1.29, 1.82) is 5.26 Å². The van der Waals surface area contributed by atoms with Crippen LogP contribution in [0.3, 0.4) is 0 Å². The first-order valence-electron chi connectivity index (χ1n) is 7.26. The van der Waals surface area contributed by atoms with Crippen LogP contribution in [0.2, 0.25) is 0 Å². The van der Waals surface area contributed by atoms with E-state index >= 15 is 0 Å². The Labute approximate surface area is 145 Å². The molecular weight excluding hydrogens is 334 g/mol. The van der Waals surface area contributed by atoms with Gasteiger partial charge in [-0.1, -0.05) is 36.4 Å². The molecule has 0 fully saturated rings. The lowest BCUT2D eigenvalue weighted by atomic mass is 10.2. The van der Waals surface area contributed by atoms with E-state index in [1.807, 2.05) is 24.3 Å². The van der Waals surface area contributed by atoms with Gasteiger partial charge in [0.05, 0.1) is 10.2 Å². The highest BCUT2D eigenvalue weighted by atomic mass is 28.1. The predicted molar refractivity (Wildman–Crippen MR) is 95.1 cm³/mol. The summed E-state index contributed by atoms with van der Waals surface area (Å²) >= 11 is 0. The van der Waals surface area contributed by atoms with Gasteiger partial charge in [0.1, 0.15) is 22.8 Å². The molecule has 0 N–H and O–H groups in total. The van der Waals surface area contributed by atoms with E-state index in [0.29, 0.717) is 16.4 Å². The molecule has 0 atom stereocenters. The van der Waals surface area contributed by atoms with Crippen LogP contribution in [0.4, 0.5) is 0 Å². The van der Waals surface area contributed by atoms with Crippen LogP contribution in [0, 0.1) is 11.3 Å². The largest absolute Gasteiger partial charge is 0.423 e. The van der Waals surface area contributed by atoms with E-state index < -0.39 is 5.63 Å². The molecule has 0 aliphatic rings. The van der Waals surface area contributed by atoms with E-state index in [1.165, 1.54) is 6.07 Å². The molecule has 0 amide bonds. The van der Waals surface area contributed by atoms with Crippen LogP contribution in [0.1, 0.15) is 5.56 Å². The van der Waals surface area contributed by atoms with Gasteiger partial charge in [-0.2, -0.15) is 5.26 Å². The smallest absolute Gasteiger partial charge is 0.354 e. The fourth-order valence-corrected chi connectivity index (χ4v) is 2.41. The number of hydrogen-bond acceptors (Lipinski definition) is 5. The molecule has 0 bridgehead atoms. The van der Waals surface area contributed by atoms with Crippen molar-refractivity contribution in [3.8, 4) is 6.07 Å². The minimum Gasteiger partial charge on any atom is -0.423 e. The molecular formula is C19H10NO4Si. The highest BCUT2D eigenvalue weighted by Gasteiger charge is 2.02. The Morgan fingerprint density at radius 2 is 1.32 bits per heavy atom. The van der Waals surface area contributed by atoms with E-state index in [2.05, 4.69) is 10.2 Å². The molecule has 119 valence electrons. The molecule has 0 saturated heterocycles. The summed E-state index contributed by atoms with van der Waals surface area (Å²) in [6.45, 7) is 0. The Bertz CT molecular complexity index is 1220. The van der Waals surface area contributed by atoms with Gasteiger partial charge in [-0.05, 0) is 24.3 Å². The second kappa shape index (κ2) is 6.99. The van der Waals surface area contributed by atoms with Gasteiger partial charge in [0.2, 0.25) is 0 Å². The van der Waals surface area contributed by atoms with Crippen LogP contribution in [-0.4, -0.2) is 10.2 Å². The molecule has 4 aromatic rings. The summed E-state index contributed by atoms with van der Waals surface area (Å²) in [6.07, 6.45) is 0. The lowest BCUT2D eigenvalue weighted by Crippen LogP contribution is -2.22. The van der Waals surface area contributed by atoms with Gasteiger partial charge in [0.15, 0.2) is 0 Å². The average Bonchev–Trinajstić information content (AvgIpc) is 2.62. The number of nitrogens with zero attached hydrogens (tertiary/aromatic N) is 1. The summed E-state index contributed by atoms with van der Waals surface area (Å²) in [4.78, 5) is 22.1. The third-order valence-electron chi connectivity index (χ3n) is 3.40. The molecule has 4 rings (SSSR count). The number of para-hydroxylation sites is 2. The second-order valence-electron chi connectivity index (χ2n) is 5.08. The molecule has 5 nitrogen and oxygen atoms in total. The molecule has 2 aromatic heterocycles. The van der Waals surface area contributed by atoms with E-state index in [-0.39, 0.29) is 11.2 Å². The van der Waals surface area contributed by atoms with Crippen LogP contribution >= 0.6 is 0 Å². The quantitative estimate of drug-likeness (QED) is 0.361. The number of fused-ring (bicyclic) bond motifs is 2. The maximum Gasteiger partial charge on any atom is 0.354 e. The summed E-state index contributed by atoms with van der Waals surface area (Å²) in [5.74, 6) is 0. The van der Waals surface area contributed by atoms with Gasteiger partial charge in [0.25, 0.3) is 0 Å². The van der Waals surface area contributed by atoms with Crippen molar-refractivity contribution in [2.24, 2.45) is 0 Å². The molecule has 6 heteroatoms. The molecule has 2 heterocycles. The van der Waals surface area contributed by atoms with Crippen LogP contribution in [0.5, 0.6) is 0 Å². The lowest BCUT2D eigenvalue weighted by Gasteiger charge is -1.95. The van der Waals surface area contributed by atoms with Gasteiger partial charge in [-0.3, -0.25) is 0 Å². The topological polar surface area (TPSA) is 84.2 Å². The Morgan fingerprint density at radius 1 is 0.800 bits per heavy atom. The maximum atomic E-state index is 11.1. The normalized spacial score (nSPS) is 10.1. The van der Waals surface area contributed by atoms with E-state index in [9.17, 15) is 9.59 Å². The van der Waals surface area contributed by atoms with Crippen molar-refractivity contribution < 1.29 is 8.83 Å². The first kappa shape index (κ1) is 16.4. The Balaban J connectivity index is 0.000000146. The minimum atomic E-state index is -0.582. The molecule has 0 aliphatic carbocycles. The van der Waals surface area contributed by atoms with Crippen molar-refractivity contribution in [2.75, 3.05) is 0 Å². The first-order chi connectivity index (χ1) is 12.1. The molecule has 3 radical (unpaired) electrons. The Hall–Kier alpha value is -3.43. The lowest BCUT2D eigenvalue weighted by molar-refractivity contribution is 0.558. The molecule has 0 spiro atoms. The van der Waals surface area contributed by atoms with Crippen LogP contribution in [0.25, 0.3) is 21.9 Å². The van der Waals surface area contributed by atoms with Gasteiger partial charge in [0, 0.05) is 16.0 Å². The number of benzene rings is 2. The maximum absolute atomic E-state index is 11.1. The number of rotatable bonds is 0. The zero-order valence-electron chi connectivity index (χ0n) is 12.9. The third kappa shape index (κ3) is 3.57. The van der Waals surface area contributed by atoms with Crippen molar-refractivity contribution in [3.63, 3.8) is 0 Å². The molecule has 25 heavy (non-hydrogen) atoms. The summed E-state index contributed by atoms with van der Waals surface area (Å²) in [7, 11) is 3.16. The number of nitriles is 1. The predicted octanol–water partition coefficient (Wildman–Crippen LogP) is 2.25. The van der Waals surface area contributed by atoms with Crippen molar-refractivity contribution in [2.45, 2.75) is 0 Å². The van der Waals surface area contributed by atoms with Crippen LogP contribution < -0.4 is 16.4 Å². The van der Waals surface area contributed by atoms with Crippen LogP contribution in [-0.2, 0) is 0 Å². The zero-order valence-corrected chi connectivity index (χ0v) is 13.9. The first-order valence-corrected chi connectivity index (χ1v) is 7.76. The molecule has 0 unspecified atom stereocenters. The van der Waals surface area contributed by atoms with E-state index in [4.69, 9.17) is 14.1 Å². The summed E-state index contributed by atoms with van der Waals surface area (Å²) in [5.41, 5.74) is 0.237. The molecule has 2 aromatic carbocycles. The zero-order chi connectivity index (χ0) is 17.8. The SMILES string of the molecule is N#Cc1cc2ccccc2oc1=O.O=c1oc2ccccc2cc1[Si]. The van der Waals surface area contributed by atoms with E-state index in [0.717, 1.165) is 10.8 Å². The van der Waals surface area contributed by atoms with Crippen molar-refractivity contribution in [1.82, 2.24) is 0 Å². The Kier molecular flexibility index (Phi) is 4.59. The van der Waals surface area contributed by atoms with Gasteiger partial charge in [-0.15, -0.1) is 0 Å².